The number of alkyl halides is 3. The highest BCUT2D eigenvalue weighted by atomic mass is 19.4. The van der Waals surface area contributed by atoms with Gasteiger partial charge in [-0.05, 0) is 51.0 Å². The molecule has 0 radical (unpaired) electrons. The SMILES string of the molecule is CC1CN(C(=O)C2CCN(C(=O)c3ccc(C(F)(F)F)cc3)CC2)CC(C)O1. The van der Waals surface area contributed by atoms with Crippen LogP contribution >= 0.6 is 0 Å². The van der Waals surface area contributed by atoms with Gasteiger partial charge < -0.3 is 14.5 Å². The van der Waals surface area contributed by atoms with E-state index >= 15 is 0 Å². The lowest BCUT2D eigenvalue weighted by molar-refractivity contribution is -0.148. The Bertz CT molecular complexity index is 702. The summed E-state index contributed by atoms with van der Waals surface area (Å²) in [7, 11) is 0. The molecule has 1 aromatic rings. The Morgan fingerprint density at radius 1 is 0.964 bits per heavy atom. The van der Waals surface area contributed by atoms with Crippen LogP contribution in [0, 0.1) is 5.92 Å². The van der Waals surface area contributed by atoms with Gasteiger partial charge in [0.25, 0.3) is 5.91 Å². The summed E-state index contributed by atoms with van der Waals surface area (Å²) in [5, 5.41) is 0. The van der Waals surface area contributed by atoms with E-state index in [4.69, 9.17) is 4.74 Å². The molecule has 0 spiro atoms. The highest BCUT2D eigenvalue weighted by Gasteiger charge is 2.34. The Hall–Kier alpha value is -2.09. The van der Waals surface area contributed by atoms with Gasteiger partial charge in [-0.2, -0.15) is 13.2 Å². The van der Waals surface area contributed by atoms with Crippen LogP contribution in [0.15, 0.2) is 24.3 Å². The van der Waals surface area contributed by atoms with Gasteiger partial charge in [0.2, 0.25) is 5.91 Å². The number of hydrogen-bond donors (Lipinski definition) is 0. The molecule has 2 amide bonds. The fraction of sp³-hybridized carbons (Fsp3) is 0.600. The van der Waals surface area contributed by atoms with Crippen LogP contribution in [0.1, 0.15) is 42.6 Å². The zero-order valence-corrected chi connectivity index (χ0v) is 16.0. The number of benzene rings is 1. The van der Waals surface area contributed by atoms with Gasteiger partial charge >= 0.3 is 6.18 Å². The van der Waals surface area contributed by atoms with Crippen LogP contribution in [0.25, 0.3) is 0 Å². The predicted molar refractivity (Wildman–Crippen MR) is 96.7 cm³/mol. The third-order valence-corrected chi connectivity index (χ3v) is 5.32. The van der Waals surface area contributed by atoms with Crippen molar-refractivity contribution in [1.29, 1.82) is 0 Å². The number of amides is 2. The minimum Gasteiger partial charge on any atom is -0.372 e. The van der Waals surface area contributed by atoms with Crippen molar-refractivity contribution in [3.63, 3.8) is 0 Å². The number of carbonyl (C=O) groups excluding carboxylic acids is 2. The molecular weight excluding hydrogens is 373 g/mol. The summed E-state index contributed by atoms with van der Waals surface area (Å²) in [6, 6.07) is 4.26. The molecule has 2 aliphatic rings. The van der Waals surface area contributed by atoms with E-state index in [1.165, 1.54) is 12.1 Å². The first-order valence-electron chi connectivity index (χ1n) is 9.56. The first-order valence-corrected chi connectivity index (χ1v) is 9.56. The molecule has 2 heterocycles. The molecule has 2 aliphatic heterocycles. The quantitative estimate of drug-likeness (QED) is 0.769. The second-order valence-corrected chi connectivity index (χ2v) is 7.64. The van der Waals surface area contributed by atoms with Crippen molar-refractivity contribution in [2.75, 3.05) is 26.2 Å². The number of ether oxygens (including phenoxy) is 1. The van der Waals surface area contributed by atoms with Crippen molar-refractivity contribution >= 4 is 11.8 Å². The molecule has 2 fully saturated rings. The van der Waals surface area contributed by atoms with Gasteiger partial charge in [0, 0.05) is 37.7 Å². The van der Waals surface area contributed by atoms with Gasteiger partial charge in [-0.3, -0.25) is 9.59 Å². The van der Waals surface area contributed by atoms with Gasteiger partial charge in [0.05, 0.1) is 17.8 Å². The lowest BCUT2D eigenvalue weighted by Gasteiger charge is -2.39. The molecule has 0 aromatic heterocycles. The van der Waals surface area contributed by atoms with Crippen molar-refractivity contribution in [3.8, 4) is 0 Å². The molecule has 2 atom stereocenters. The highest BCUT2D eigenvalue weighted by Crippen LogP contribution is 2.29. The fourth-order valence-corrected chi connectivity index (χ4v) is 3.93. The highest BCUT2D eigenvalue weighted by molar-refractivity contribution is 5.94. The van der Waals surface area contributed by atoms with E-state index < -0.39 is 11.7 Å². The number of likely N-dealkylation sites (tertiary alicyclic amines) is 1. The Morgan fingerprint density at radius 3 is 2.00 bits per heavy atom. The van der Waals surface area contributed by atoms with Crippen molar-refractivity contribution < 1.29 is 27.5 Å². The number of halogens is 3. The van der Waals surface area contributed by atoms with E-state index in [9.17, 15) is 22.8 Å². The maximum atomic E-state index is 12.8. The van der Waals surface area contributed by atoms with E-state index in [1.54, 1.807) is 4.90 Å². The number of carbonyl (C=O) groups is 2. The zero-order valence-electron chi connectivity index (χ0n) is 16.0. The molecular formula is C20H25F3N2O3. The molecule has 2 unspecified atom stereocenters. The largest absolute Gasteiger partial charge is 0.416 e. The van der Waals surface area contributed by atoms with Crippen LogP contribution in [0.4, 0.5) is 13.2 Å². The van der Waals surface area contributed by atoms with Crippen molar-refractivity contribution in [2.24, 2.45) is 5.92 Å². The van der Waals surface area contributed by atoms with E-state index in [2.05, 4.69) is 0 Å². The third kappa shape index (κ3) is 4.66. The standard InChI is InChI=1S/C20H25F3N2O3/c1-13-11-25(12-14(2)28-13)19(27)16-7-9-24(10-8-16)18(26)15-3-5-17(6-4-15)20(21,22)23/h3-6,13-14,16H,7-12H2,1-2H3. The van der Waals surface area contributed by atoms with Gasteiger partial charge in [-0.25, -0.2) is 0 Å². The molecule has 0 aliphatic carbocycles. The molecule has 1 aromatic carbocycles. The van der Waals surface area contributed by atoms with E-state index in [0.29, 0.717) is 39.0 Å². The summed E-state index contributed by atoms with van der Waals surface area (Å²) in [4.78, 5) is 28.8. The summed E-state index contributed by atoms with van der Waals surface area (Å²) in [5.41, 5.74) is -0.545. The molecule has 28 heavy (non-hydrogen) atoms. The number of hydrogen-bond acceptors (Lipinski definition) is 3. The normalized spacial score (nSPS) is 24.3. The maximum Gasteiger partial charge on any atom is 0.416 e. The number of morpholine rings is 1. The van der Waals surface area contributed by atoms with Gasteiger partial charge in [0.1, 0.15) is 0 Å². The number of piperidine rings is 1. The van der Waals surface area contributed by atoms with Crippen LogP contribution < -0.4 is 0 Å². The van der Waals surface area contributed by atoms with Gasteiger partial charge in [0.15, 0.2) is 0 Å². The first kappa shape index (κ1) is 20.6. The predicted octanol–water partition coefficient (Wildman–Crippen LogP) is 3.19. The molecule has 0 saturated carbocycles. The molecule has 3 rings (SSSR count). The first-order chi connectivity index (χ1) is 13.1. The Labute approximate surface area is 162 Å². The Morgan fingerprint density at radius 2 is 1.50 bits per heavy atom. The fourth-order valence-electron chi connectivity index (χ4n) is 3.93. The zero-order chi connectivity index (χ0) is 20.5. The second-order valence-electron chi connectivity index (χ2n) is 7.64. The van der Waals surface area contributed by atoms with Crippen molar-refractivity contribution in [2.45, 2.75) is 45.1 Å². The van der Waals surface area contributed by atoms with Crippen LogP contribution in [-0.4, -0.2) is 60.0 Å². The number of rotatable bonds is 2. The van der Waals surface area contributed by atoms with E-state index in [1.807, 2.05) is 18.7 Å². The molecule has 8 heteroatoms. The maximum absolute atomic E-state index is 12.8. The Balaban J connectivity index is 1.56. The van der Waals surface area contributed by atoms with E-state index in [-0.39, 0.29) is 35.5 Å². The van der Waals surface area contributed by atoms with Crippen molar-refractivity contribution in [3.05, 3.63) is 35.4 Å². The number of nitrogens with zero attached hydrogens (tertiary/aromatic N) is 2. The van der Waals surface area contributed by atoms with E-state index in [0.717, 1.165) is 12.1 Å². The topological polar surface area (TPSA) is 49.9 Å². The van der Waals surface area contributed by atoms with Crippen LogP contribution in [0.2, 0.25) is 0 Å². The van der Waals surface area contributed by atoms with Gasteiger partial charge in [-0.1, -0.05) is 0 Å². The summed E-state index contributed by atoms with van der Waals surface area (Å²) in [6.45, 7) is 5.89. The molecule has 154 valence electrons. The molecule has 0 bridgehead atoms. The smallest absolute Gasteiger partial charge is 0.372 e. The molecule has 2 saturated heterocycles. The third-order valence-electron chi connectivity index (χ3n) is 5.32. The monoisotopic (exact) mass is 398 g/mol. The second kappa shape index (κ2) is 8.11. The summed E-state index contributed by atoms with van der Waals surface area (Å²) in [5.74, 6) is -0.328. The van der Waals surface area contributed by atoms with Crippen molar-refractivity contribution in [1.82, 2.24) is 9.80 Å². The average molecular weight is 398 g/mol. The molecule has 0 N–H and O–H groups in total. The minimum atomic E-state index is -4.42. The summed E-state index contributed by atoms with van der Waals surface area (Å²) >= 11 is 0. The van der Waals surface area contributed by atoms with Gasteiger partial charge in [-0.15, -0.1) is 0 Å². The van der Waals surface area contributed by atoms with Crippen LogP contribution in [0.5, 0.6) is 0 Å². The summed E-state index contributed by atoms with van der Waals surface area (Å²) in [6.07, 6.45) is -3.28. The molecule has 5 nitrogen and oxygen atoms in total. The van der Waals surface area contributed by atoms with Crippen LogP contribution in [-0.2, 0) is 15.7 Å². The lowest BCUT2D eigenvalue weighted by Crippen LogP contribution is -2.51. The van der Waals surface area contributed by atoms with Crippen LogP contribution in [0.3, 0.4) is 0 Å². The minimum absolute atomic E-state index is 0.00837. The Kier molecular flexibility index (Phi) is 5.98. The average Bonchev–Trinajstić information content (AvgIpc) is 2.65. The lowest BCUT2D eigenvalue weighted by atomic mass is 9.94. The summed E-state index contributed by atoms with van der Waals surface area (Å²) < 4.78 is 43.6.